The molecule has 0 aliphatic heterocycles. The van der Waals surface area contributed by atoms with Crippen LogP contribution in [-0.2, 0) is 29.9 Å². The number of carbonyl (C=O) groups is 3. The summed E-state index contributed by atoms with van der Waals surface area (Å²) in [4.78, 5) is 38.6. The van der Waals surface area contributed by atoms with Crippen LogP contribution in [0.5, 0.6) is 0 Å². The van der Waals surface area contributed by atoms with Gasteiger partial charge in [-0.1, -0.05) is 37.3 Å². The molecule has 0 saturated heterocycles. The SMILES string of the molecule is CCOC(=O)CN(C(=O)COC(=O)c1ccccc1S(=O)CC)c1ccccc1. The monoisotopic (exact) mass is 417 g/mol. The average molecular weight is 417 g/mol. The number of anilines is 1. The van der Waals surface area contributed by atoms with Gasteiger partial charge in [0.15, 0.2) is 6.61 Å². The number of benzene rings is 2. The second-order valence-electron chi connectivity index (χ2n) is 5.83. The molecule has 0 heterocycles. The van der Waals surface area contributed by atoms with Crippen molar-refractivity contribution in [2.45, 2.75) is 18.7 Å². The molecule has 1 unspecified atom stereocenters. The number of para-hydroxylation sites is 1. The molecule has 0 aliphatic rings. The lowest BCUT2D eigenvalue weighted by molar-refractivity contribution is -0.142. The number of esters is 2. The highest BCUT2D eigenvalue weighted by atomic mass is 32.2. The van der Waals surface area contributed by atoms with Crippen molar-refractivity contribution in [2.24, 2.45) is 0 Å². The maximum atomic E-state index is 12.7. The van der Waals surface area contributed by atoms with Crippen LogP contribution in [0.4, 0.5) is 5.69 Å². The Balaban J connectivity index is 2.13. The first-order chi connectivity index (χ1) is 14.0. The van der Waals surface area contributed by atoms with Crippen LogP contribution in [0.1, 0.15) is 24.2 Å². The van der Waals surface area contributed by atoms with Crippen molar-refractivity contribution in [2.75, 3.05) is 30.4 Å². The Morgan fingerprint density at radius 3 is 2.24 bits per heavy atom. The van der Waals surface area contributed by atoms with E-state index in [9.17, 15) is 18.6 Å². The van der Waals surface area contributed by atoms with Crippen molar-refractivity contribution >= 4 is 34.3 Å². The van der Waals surface area contributed by atoms with Crippen LogP contribution in [0.2, 0.25) is 0 Å². The summed E-state index contributed by atoms with van der Waals surface area (Å²) >= 11 is 0. The predicted molar refractivity (Wildman–Crippen MR) is 109 cm³/mol. The van der Waals surface area contributed by atoms with Crippen molar-refractivity contribution in [3.63, 3.8) is 0 Å². The minimum atomic E-state index is -1.34. The number of amides is 1. The molecule has 0 fully saturated rings. The molecular formula is C21H23NO6S. The fourth-order valence-corrected chi connectivity index (χ4v) is 3.48. The number of hydrogen-bond donors (Lipinski definition) is 0. The molecule has 7 nitrogen and oxygen atoms in total. The summed E-state index contributed by atoms with van der Waals surface area (Å²) in [6, 6.07) is 15.0. The van der Waals surface area contributed by atoms with Gasteiger partial charge < -0.3 is 9.47 Å². The third-order valence-corrected chi connectivity index (χ3v) is 5.27. The summed E-state index contributed by atoms with van der Waals surface area (Å²) in [5.74, 6) is -1.55. The van der Waals surface area contributed by atoms with Gasteiger partial charge in [-0.15, -0.1) is 0 Å². The molecule has 0 saturated carbocycles. The lowest BCUT2D eigenvalue weighted by atomic mass is 10.2. The Kier molecular flexibility index (Phi) is 8.54. The minimum absolute atomic E-state index is 0.150. The average Bonchev–Trinajstić information content (AvgIpc) is 2.75. The minimum Gasteiger partial charge on any atom is -0.465 e. The van der Waals surface area contributed by atoms with Crippen molar-refractivity contribution in [1.82, 2.24) is 0 Å². The van der Waals surface area contributed by atoms with Gasteiger partial charge >= 0.3 is 11.9 Å². The van der Waals surface area contributed by atoms with E-state index in [1.165, 1.54) is 11.0 Å². The standard InChI is InChI=1S/C21H23NO6S/c1-3-27-20(24)14-22(16-10-6-5-7-11-16)19(23)15-28-21(25)17-12-8-9-13-18(17)29(26)4-2/h5-13H,3-4,14-15H2,1-2H3. The Hall–Kier alpha value is -3.00. The number of carbonyl (C=O) groups excluding carboxylic acids is 3. The fraction of sp³-hybridized carbons (Fsp3) is 0.286. The maximum Gasteiger partial charge on any atom is 0.339 e. The summed E-state index contributed by atoms with van der Waals surface area (Å²) in [5, 5.41) is 0. The highest BCUT2D eigenvalue weighted by molar-refractivity contribution is 7.85. The van der Waals surface area contributed by atoms with Gasteiger partial charge in [-0.25, -0.2) is 4.79 Å². The molecule has 2 aromatic rings. The predicted octanol–water partition coefficient (Wildman–Crippen LogP) is 2.57. The molecule has 2 rings (SSSR count). The van der Waals surface area contributed by atoms with Crippen LogP contribution in [0.3, 0.4) is 0 Å². The van der Waals surface area contributed by atoms with Gasteiger partial charge in [0.1, 0.15) is 6.54 Å². The van der Waals surface area contributed by atoms with E-state index >= 15 is 0 Å². The van der Waals surface area contributed by atoms with E-state index in [2.05, 4.69) is 0 Å². The molecule has 154 valence electrons. The van der Waals surface area contributed by atoms with Gasteiger partial charge in [-0.3, -0.25) is 18.7 Å². The quantitative estimate of drug-likeness (QED) is 0.583. The fourth-order valence-electron chi connectivity index (χ4n) is 2.54. The molecule has 8 heteroatoms. The van der Waals surface area contributed by atoms with Crippen molar-refractivity contribution in [3.8, 4) is 0 Å². The number of rotatable bonds is 9. The van der Waals surface area contributed by atoms with E-state index in [1.54, 1.807) is 62.4 Å². The highest BCUT2D eigenvalue weighted by Crippen LogP contribution is 2.17. The van der Waals surface area contributed by atoms with Crippen molar-refractivity contribution in [3.05, 3.63) is 60.2 Å². The molecule has 0 aliphatic carbocycles. The first-order valence-corrected chi connectivity index (χ1v) is 10.4. The largest absolute Gasteiger partial charge is 0.465 e. The Morgan fingerprint density at radius 2 is 1.59 bits per heavy atom. The molecule has 2 aromatic carbocycles. The number of ether oxygens (including phenoxy) is 2. The third kappa shape index (κ3) is 6.25. The van der Waals surface area contributed by atoms with Crippen LogP contribution >= 0.6 is 0 Å². The lowest BCUT2D eigenvalue weighted by Gasteiger charge is -2.21. The molecule has 1 amide bonds. The van der Waals surface area contributed by atoms with E-state index in [0.29, 0.717) is 16.3 Å². The number of nitrogens with zero attached hydrogens (tertiary/aromatic N) is 1. The first-order valence-electron chi connectivity index (χ1n) is 9.13. The van der Waals surface area contributed by atoms with E-state index in [0.717, 1.165) is 0 Å². The van der Waals surface area contributed by atoms with E-state index in [4.69, 9.17) is 9.47 Å². The molecule has 0 bridgehead atoms. The van der Waals surface area contributed by atoms with Crippen LogP contribution in [0.25, 0.3) is 0 Å². The van der Waals surface area contributed by atoms with Gasteiger partial charge in [0, 0.05) is 11.4 Å². The van der Waals surface area contributed by atoms with Gasteiger partial charge in [0.25, 0.3) is 5.91 Å². The third-order valence-electron chi connectivity index (χ3n) is 3.90. The normalized spacial score (nSPS) is 11.4. The summed E-state index contributed by atoms with van der Waals surface area (Å²) < 4.78 is 22.2. The smallest absolute Gasteiger partial charge is 0.339 e. The number of hydrogen-bond acceptors (Lipinski definition) is 6. The zero-order valence-electron chi connectivity index (χ0n) is 16.3. The van der Waals surface area contributed by atoms with Gasteiger partial charge in [-0.2, -0.15) is 0 Å². The molecule has 29 heavy (non-hydrogen) atoms. The van der Waals surface area contributed by atoms with E-state index in [1.807, 2.05) is 0 Å². The van der Waals surface area contributed by atoms with E-state index in [-0.39, 0.29) is 18.7 Å². The second kappa shape index (κ2) is 11.1. The van der Waals surface area contributed by atoms with Gasteiger partial charge in [-0.05, 0) is 31.2 Å². The topological polar surface area (TPSA) is 90.0 Å². The molecule has 1 atom stereocenters. The van der Waals surface area contributed by atoms with Gasteiger partial charge in [0.2, 0.25) is 0 Å². The van der Waals surface area contributed by atoms with Crippen molar-refractivity contribution < 1.29 is 28.1 Å². The maximum absolute atomic E-state index is 12.7. The zero-order valence-corrected chi connectivity index (χ0v) is 17.1. The van der Waals surface area contributed by atoms with Gasteiger partial charge in [0.05, 0.1) is 27.9 Å². The Morgan fingerprint density at radius 1 is 0.931 bits per heavy atom. The van der Waals surface area contributed by atoms with Crippen LogP contribution in [0, 0.1) is 0 Å². The second-order valence-corrected chi connectivity index (χ2v) is 7.54. The zero-order chi connectivity index (χ0) is 21.2. The molecule has 0 spiro atoms. The summed E-state index contributed by atoms with van der Waals surface area (Å²) in [5.41, 5.74) is 0.631. The Bertz CT molecular complexity index is 884. The summed E-state index contributed by atoms with van der Waals surface area (Å²) in [6.07, 6.45) is 0. The molecular weight excluding hydrogens is 394 g/mol. The molecule has 0 N–H and O–H groups in total. The Labute approximate surface area is 172 Å². The highest BCUT2D eigenvalue weighted by Gasteiger charge is 2.23. The molecule has 0 radical (unpaired) electrons. The first kappa shape index (κ1) is 22.3. The van der Waals surface area contributed by atoms with Crippen LogP contribution < -0.4 is 4.90 Å². The summed E-state index contributed by atoms with van der Waals surface area (Å²) in [7, 11) is -1.34. The van der Waals surface area contributed by atoms with Crippen LogP contribution in [-0.4, -0.2) is 47.6 Å². The summed E-state index contributed by atoms with van der Waals surface area (Å²) in [6.45, 7) is 2.74. The van der Waals surface area contributed by atoms with E-state index < -0.39 is 35.3 Å². The lowest BCUT2D eigenvalue weighted by Crippen LogP contribution is -2.39. The van der Waals surface area contributed by atoms with Crippen molar-refractivity contribution in [1.29, 1.82) is 0 Å². The van der Waals surface area contributed by atoms with Crippen LogP contribution in [0.15, 0.2) is 59.5 Å². The molecule has 0 aromatic heterocycles.